The highest BCUT2D eigenvalue weighted by atomic mass is 16.5. The third-order valence-corrected chi connectivity index (χ3v) is 5.57. The van der Waals surface area contributed by atoms with Crippen LogP contribution in [0.1, 0.15) is 25.0 Å². The summed E-state index contributed by atoms with van der Waals surface area (Å²) in [6.45, 7) is 5.13. The largest absolute Gasteiger partial charge is 0.497 e. The zero-order valence-electron chi connectivity index (χ0n) is 18.7. The number of ether oxygens (including phenoxy) is 2. The van der Waals surface area contributed by atoms with Crippen LogP contribution in [0.15, 0.2) is 48.2 Å². The predicted molar refractivity (Wildman–Crippen MR) is 127 cm³/mol. The highest BCUT2D eigenvalue weighted by Gasteiger charge is 2.26. The molecule has 1 unspecified atom stereocenters. The third kappa shape index (κ3) is 5.69. The smallest absolute Gasteiger partial charge is 0.246 e. The van der Waals surface area contributed by atoms with E-state index in [0.717, 1.165) is 48.5 Å². The average Bonchev–Trinajstić information content (AvgIpc) is 3.20. The number of carbonyl (C=O) groups excluding carboxylic acids is 1. The van der Waals surface area contributed by atoms with Crippen molar-refractivity contribution in [1.29, 1.82) is 0 Å². The van der Waals surface area contributed by atoms with Crippen LogP contribution in [-0.2, 0) is 11.2 Å². The number of benzene rings is 1. The number of nitrogens with zero attached hydrogens (tertiary/aromatic N) is 4. The first-order valence-corrected chi connectivity index (χ1v) is 11.0. The van der Waals surface area contributed by atoms with Gasteiger partial charge in [-0.1, -0.05) is 18.6 Å². The van der Waals surface area contributed by atoms with Gasteiger partial charge < -0.3 is 19.7 Å². The van der Waals surface area contributed by atoms with Crippen molar-refractivity contribution in [2.24, 2.45) is 4.99 Å². The van der Waals surface area contributed by atoms with Gasteiger partial charge in [-0.25, -0.2) is 15.0 Å². The minimum absolute atomic E-state index is 0.0486. The molecule has 1 atom stereocenters. The van der Waals surface area contributed by atoms with Crippen LogP contribution in [0.3, 0.4) is 0 Å². The van der Waals surface area contributed by atoms with E-state index in [0.29, 0.717) is 24.7 Å². The Morgan fingerprint density at radius 3 is 3.06 bits per heavy atom. The number of nitrogens with one attached hydrogen (secondary N) is 1. The number of methoxy groups -OCH3 is 1. The molecule has 3 heterocycles. The maximum Gasteiger partial charge on any atom is 0.246 e. The number of amides is 1. The Bertz CT molecular complexity index is 1120. The van der Waals surface area contributed by atoms with Gasteiger partial charge in [0.1, 0.15) is 30.1 Å². The van der Waals surface area contributed by atoms with Crippen LogP contribution in [0.2, 0.25) is 0 Å². The van der Waals surface area contributed by atoms with Gasteiger partial charge in [0.15, 0.2) is 5.82 Å². The minimum atomic E-state index is -0.0486. The Balaban J connectivity index is 1.45. The van der Waals surface area contributed by atoms with Gasteiger partial charge in [-0.3, -0.25) is 4.79 Å². The summed E-state index contributed by atoms with van der Waals surface area (Å²) < 4.78 is 10.9. The molecule has 0 radical (unpaired) electrons. The number of carbonyl (C=O) groups is 1. The number of rotatable bonds is 6. The molecule has 8 nitrogen and oxygen atoms in total. The van der Waals surface area contributed by atoms with Gasteiger partial charge in [-0.05, 0) is 49.8 Å². The zero-order chi connectivity index (χ0) is 23.0. The second kappa shape index (κ2) is 10.6. The number of fused-ring (bicyclic) bond motifs is 1. The van der Waals surface area contributed by atoms with Crippen LogP contribution in [0.5, 0.6) is 11.5 Å². The number of aromatic nitrogens is 2. The van der Waals surface area contributed by atoms with Gasteiger partial charge in [0.2, 0.25) is 5.91 Å². The zero-order valence-corrected chi connectivity index (χ0v) is 18.7. The normalized spacial score (nSPS) is 17.1. The summed E-state index contributed by atoms with van der Waals surface area (Å²) in [7, 11) is 1.62. The maximum atomic E-state index is 11.9. The molecular weight excluding hydrogens is 418 g/mol. The maximum absolute atomic E-state index is 11.9. The lowest BCUT2D eigenvalue weighted by molar-refractivity contribution is -0.125. The predicted octanol–water partition coefficient (Wildman–Crippen LogP) is 3.18. The first-order chi connectivity index (χ1) is 16.2. The van der Waals surface area contributed by atoms with Gasteiger partial charge in [0.25, 0.3) is 0 Å². The topological polar surface area (TPSA) is 88.9 Å². The molecule has 1 saturated heterocycles. The van der Waals surface area contributed by atoms with Crippen molar-refractivity contribution >= 4 is 23.1 Å². The summed E-state index contributed by atoms with van der Waals surface area (Å²) in [5.74, 6) is 8.29. The fourth-order valence-electron chi connectivity index (χ4n) is 3.88. The molecule has 0 bridgehead atoms. The molecule has 2 aliphatic rings. The van der Waals surface area contributed by atoms with E-state index in [2.05, 4.69) is 33.7 Å². The Morgan fingerprint density at radius 1 is 1.33 bits per heavy atom. The molecule has 0 aliphatic carbocycles. The van der Waals surface area contributed by atoms with Crippen molar-refractivity contribution in [2.75, 3.05) is 32.1 Å². The van der Waals surface area contributed by atoms with E-state index in [4.69, 9.17) is 14.5 Å². The van der Waals surface area contributed by atoms with Crippen molar-refractivity contribution in [1.82, 2.24) is 14.9 Å². The van der Waals surface area contributed by atoms with Crippen LogP contribution in [-0.4, -0.2) is 59.3 Å². The highest BCUT2D eigenvalue weighted by molar-refractivity contribution is 6.03. The fourth-order valence-corrected chi connectivity index (χ4v) is 3.88. The fraction of sp³-hybridized carbons (Fsp3) is 0.360. The van der Waals surface area contributed by atoms with Gasteiger partial charge in [-0.2, -0.15) is 0 Å². The van der Waals surface area contributed by atoms with Gasteiger partial charge >= 0.3 is 0 Å². The minimum Gasteiger partial charge on any atom is -0.497 e. The van der Waals surface area contributed by atoms with E-state index < -0.39 is 0 Å². The molecule has 1 amide bonds. The lowest BCUT2D eigenvalue weighted by Crippen LogP contribution is -2.30. The van der Waals surface area contributed by atoms with E-state index in [9.17, 15) is 4.79 Å². The quantitative estimate of drug-likeness (QED) is 0.543. The van der Waals surface area contributed by atoms with E-state index in [-0.39, 0.29) is 18.6 Å². The van der Waals surface area contributed by atoms with Crippen molar-refractivity contribution < 1.29 is 14.3 Å². The van der Waals surface area contributed by atoms with Crippen LogP contribution in [0.25, 0.3) is 0 Å². The SMILES string of the molecule is C=CC(=O)N1CCC(Nc2ncnc3c2N=C(C#CCOc2cccc(OC)c2)CCC3)C1. The van der Waals surface area contributed by atoms with Crippen molar-refractivity contribution in [3.8, 4) is 23.3 Å². The average molecular weight is 446 g/mol. The molecule has 1 fully saturated rings. The lowest BCUT2D eigenvalue weighted by atomic mass is 10.1. The molecular formula is C25H27N5O3. The first kappa shape index (κ1) is 22.3. The highest BCUT2D eigenvalue weighted by Crippen LogP contribution is 2.31. The third-order valence-electron chi connectivity index (χ3n) is 5.57. The van der Waals surface area contributed by atoms with Crippen LogP contribution >= 0.6 is 0 Å². The van der Waals surface area contributed by atoms with Gasteiger partial charge in [0, 0.05) is 25.2 Å². The van der Waals surface area contributed by atoms with Crippen LogP contribution < -0.4 is 14.8 Å². The number of aryl methyl sites for hydroxylation is 1. The van der Waals surface area contributed by atoms with Crippen LogP contribution in [0, 0.1) is 11.8 Å². The molecule has 33 heavy (non-hydrogen) atoms. The Labute approximate surface area is 193 Å². The lowest BCUT2D eigenvalue weighted by Gasteiger charge is -2.17. The molecule has 170 valence electrons. The van der Waals surface area contributed by atoms with Crippen LogP contribution in [0.4, 0.5) is 11.5 Å². The summed E-state index contributed by atoms with van der Waals surface area (Å²) >= 11 is 0. The molecule has 1 aromatic carbocycles. The molecule has 4 rings (SSSR count). The molecule has 1 aromatic heterocycles. The monoisotopic (exact) mass is 445 g/mol. The van der Waals surface area contributed by atoms with E-state index >= 15 is 0 Å². The van der Waals surface area contributed by atoms with Gasteiger partial charge in [-0.15, -0.1) is 0 Å². The number of aliphatic imine (C=N–C) groups is 1. The van der Waals surface area contributed by atoms with Crippen molar-refractivity contribution in [3.63, 3.8) is 0 Å². The summed E-state index contributed by atoms with van der Waals surface area (Å²) in [6.07, 6.45) is 6.26. The van der Waals surface area contributed by atoms with Crippen molar-refractivity contribution in [3.05, 3.63) is 48.9 Å². The van der Waals surface area contributed by atoms with Gasteiger partial charge in [0.05, 0.1) is 18.5 Å². The van der Waals surface area contributed by atoms with E-state index in [1.54, 1.807) is 18.3 Å². The summed E-state index contributed by atoms with van der Waals surface area (Å²) in [5, 5.41) is 3.45. The van der Waals surface area contributed by atoms with E-state index in [1.165, 1.54) is 6.08 Å². The number of anilines is 1. The standard InChI is InChI=1S/C25H27N5O3/c1-3-23(31)30-13-12-19(16-30)29-25-24-22(26-17-27-25)11-4-7-18(28-24)8-6-14-33-21-10-5-9-20(15-21)32-2/h3,5,9-10,15,17,19H,1,4,7,11-14,16H2,2H3,(H,26,27,29). The number of hydrogen-bond acceptors (Lipinski definition) is 7. The molecule has 8 heteroatoms. The number of likely N-dealkylation sites (tertiary alicyclic amines) is 1. The summed E-state index contributed by atoms with van der Waals surface area (Å²) in [5.41, 5.74) is 2.44. The molecule has 2 aliphatic heterocycles. The summed E-state index contributed by atoms with van der Waals surface area (Å²) in [4.78, 5) is 27.3. The molecule has 0 saturated carbocycles. The Morgan fingerprint density at radius 2 is 2.21 bits per heavy atom. The molecule has 1 N–H and O–H groups in total. The van der Waals surface area contributed by atoms with E-state index in [1.807, 2.05) is 24.3 Å². The Kier molecular flexibility index (Phi) is 7.20. The van der Waals surface area contributed by atoms with Crippen molar-refractivity contribution in [2.45, 2.75) is 31.7 Å². The molecule has 0 spiro atoms. The molecule has 2 aromatic rings. The second-order valence-electron chi connectivity index (χ2n) is 7.82. The first-order valence-electron chi connectivity index (χ1n) is 11.0. The second-order valence-corrected chi connectivity index (χ2v) is 7.82. The number of hydrogen-bond donors (Lipinski definition) is 1. The summed E-state index contributed by atoms with van der Waals surface area (Å²) in [6, 6.07) is 7.54. The Hall–Kier alpha value is -3.86.